The molecule has 0 amide bonds. The molecular weight excluding hydrogens is 326 g/mol. The average molecular weight is 351 g/mol. The number of piperidine rings is 1. The molecule has 26 heavy (non-hydrogen) atoms. The summed E-state index contributed by atoms with van der Waals surface area (Å²) >= 11 is 0. The van der Waals surface area contributed by atoms with Gasteiger partial charge in [-0.15, -0.1) is 0 Å². The first kappa shape index (κ1) is 17.0. The van der Waals surface area contributed by atoms with Crippen LogP contribution in [0.1, 0.15) is 19.3 Å². The molecule has 0 saturated carbocycles. The van der Waals surface area contributed by atoms with Gasteiger partial charge >= 0.3 is 0 Å². The van der Waals surface area contributed by atoms with Crippen LogP contribution in [0.15, 0.2) is 41.3 Å². The van der Waals surface area contributed by atoms with Crippen LogP contribution in [-0.4, -0.2) is 41.7 Å². The molecule has 3 heterocycles. The highest BCUT2D eigenvalue weighted by atomic mass is 16.5. The van der Waals surface area contributed by atoms with E-state index in [1.165, 1.54) is 12.8 Å². The lowest BCUT2D eigenvalue weighted by atomic mass is 9.94. The molecule has 0 atom stereocenters. The minimum atomic E-state index is 0.0562. The van der Waals surface area contributed by atoms with Crippen LogP contribution in [0.3, 0.4) is 0 Å². The first-order chi connectivity index (χ1) is 12.7. The Hall–Kier alpha value is -2.40. The topological polar surface area (TPSA) is 47.4 Å². The number of methoxy groups -OCH3 is 1. The molecule has 2 aromatic heterocycles. The second-order valence-corrected chi connectivity index (χ2v) is 7.30. The fourth-order valence-electron chi connectivity index (χ4n) is 3.97. The Morgan fingerprint density at radius 3 is 2.77 bits per heavy atom. The van der Waals surface area contributed by atoms with Crippen LogP contribution in [0, 0.1) is 5.92 Å². The molecule has 1 saturated heterocycles. The van der Waals surface area contributed by atoms with Crippen LogP contribution in [0.4, 0.5) is 0 Å². The number of hydrogen-bond acceptors (Lipinski definition) is 4. The number of rotatable bonds is 4. The summed E-state index contributed by atoms with van der Waals surface area (Å²) in [5, 5.41) is 1.97. The number of nitrogens with zero attached hydrogens (tertiary/aromatic N) is 3. The van der Waals surface area contributed by atoms with Crippen LogP contribution >= 0.6 is 0 Å². The van der Waals surface area contributed by atoms with Crippen molar-refractivity contribution in [2.45, 2.75) is 25.8 Å². The van der Waals surface area contributed by atoms with E-state index in [-0.39, 0.29) is 5.56 Å². The van der Waals surface area contributed by atoms with Gasteiger partial charge in [0, 0.05) is 29.6 Å². The summed E-state index contributed by atoms with van der Waals surface area (Å²) in [6.45, 7) is 3.05. The van der Waals surface area contributed by atoms with Crippen LogP contribution < -0.4 is 10.3 Å². The minimum Gasteiger partial charge on any atom is -0.497 e. The van der Waals surface area contributed by atoms with Gasteiger partial charge in [-0.1, -0.05) is 0 Å². The van der Waals surface area contributed by atoms with Crippen molar-refractivity contribution in [3.8, 4) is 5.75 Å². The van der Waals surface area contributed by atoms with E-state index in [0.29, 0.717) is 5.92 Å². The highest BCUT2D eigenvalue weighted by molar-refractivity contribution is 6.03. The summed E-state index contributed by atoms with van der Waals surface area (Å²) in [5.41, 5.74) is 1.91. The molecule has 1 aliphatic rings. The molecule has 0 radical (unpaired) electrons. The zero-order chi connectivity index (χ0) is 18.1. The van der Waals surface area contributed by atoms with Gasteiger partial charge in [-0.2, -0.15) is 0 Å². The number of ether oxygens (including phenoxy) is 1. The fraction of sp³-hybridized carbons (Fsp3) is 0.429. The van der Waals surface area contributed by atoms with Gasteiger partial charge in [0.2, 0.25) is 0 Å². The monoisotopic (exact) mass is 351 g/mol. The summed E-state index contributed by atoms with van der Waals surface area (Å²) in [4.78, 5) is 19.6. The quantitative estimate of drug-likeness (QED) is 0.677. The maximum atomic E-state index is 12.7. The maximum absolute atomic E-state index is 12.7. The molecule has 4 rings (SSSR count). The van der Waals surface area contributed by atoms with E-state index in [1.54, 1.807) is 13.2 Å². The van der Waals surface area contributed by atoms with Gasteiger partial charge in [0.25, 0.3) is 5.56 Å². The molecule has 1 fully saturated rings. The van der Waals surface area contributed by atoms with Crippen molar-refractivity contribution in [3.05, 3.63) is 46.9 Å². The summed E-state index contributed by atoms with van der Waals surface area (Å²) in [5.74, 6) is 1.47. The van der Waals surface area contributed by atoms with Crippen LogP contribution in [0.25, 0.3) is 21.8 Å². The van der Waals surface area contributed by atoms with Crippen molar-refractivity contribution >= 4 is 21.8 Å². The third-order valence-electron chi connectivity index (χ3n) is 5.62. The lowest BCUT2D eigenvalue weighted by molar-refractivity contribution is 0.208. The largest absolute Gasteiger partial charge is 0.497 e. The fourth-order valence-corrected chi connectivity index (χ4v) is 3.97. The van der Waals surface area contributed by atoms with Crippen molar-refractivity contribution in [2.75, 3.05) is 27.2 Å². The van der Waals surface area contributed by atoms with Gasteiger partial charge in [0.1, 0.15) is 5.75 Å². The SMILES string of the molecule is COc1ccc2ncc3ccc(=O)n(CCC4CCN(C)CC4)c3c2c1. The van der Waals surface area contributed by atoms with E-state index >= 15 is 0 Å². The summed E-state index contributed by atoms with van der Waals surface area (Å²) in [6, 6.07) is 9.37. The molecule has 0 aliphatic carbocycles. The summed E-state index contributed by atoms with van der Waals surface area (Å²) in [6.07, 6.45) is 5.33. The third kappa shape index (κ3) is 3.19. The van der Waals surface area contributed by atoms with Gasteiger partial charge in [-0.3, -0.25) is 9.78 Å². The number of fused-ring (bicyclic) bond motifs is 3. The van der Waals surface area contributed by atoms with Crippen LogP contribution in [-0.2, 0) is 6.54 Å². The molecule has 0 N–H and O–H groups in total. The van der Waals surface area contributed by atoms with Crippen molar-refractivity contribution < 1.29 is 4.74 Å². The molecular formula is C21H25N3O2. The smallest absolute Gasteiger partial charge is 0.251 e. The Bertz CT molecular complexity index is 988. The highest BCUT2D eigenvalue weighted by Crippen LogP contribution is 2.27. The Balaban J connectivity index is 1.76. The summed E-state index contributed by atoms with van der Waals surface area (Å²) in [7, 11) is 3.84. The van der Waals surface area contributed by atoms with Crippen molar-refractivity contribution in [2.24, 2.45) is 5.92 Å². The van der Waals surface area contributed by atoms with Crippen LogP contribution in [0.2, 0.25) is 0 Å². The molecule has 1 aromatic carbocycles. The lowest BCUT2D eigenvalue weighted by Gasteiger charge is -2.29. The number of benzene rings is 1. The molecule has 0 bridgehead atoms. The average Bonchev–Trinajstić information content (AvgIpc) is 2.67. The van der Waals surface area contributed by atoms with E-state index in [0.717, 1.165) is 53.6 Å². The Morgan fingerprint density at radius 2 is 2.00 bits per heavy atom. The standard InChI is InChI=1S/C21H25N3O2/c1-23-10-7-15(8-11-23)9-12-24-20(25)6-3-16-14-22-19-5-4-17(26-2)13-18(19)21(16)24/h3-6,13-15H,7-12H2,1-2H3. The number of pyridine rings is 2. The van der Waals surface area contributed by atoms with Gasteiger partial charge < -0.3 is 14.2 Å². The molecule has 136 valence electrons. The predicted octanol–water partition coefficient (Wildman–Crippen LogP) is 3.29. The molecule has 0 unspecified atom stereocenters. The Kier molecular flexibility index (Phi) is 4.64. The first-order valence-electron chi connectivity index (χ1n) is 9.30. The lowest BCUT2D eigenvalue weighted by Crippen LogP contribution is -2.31. The van der Waals surface area contributed by atoms with E-state index in [9.17, 15) is 4.79 Å². The van der Waals surface area contributed by atoms with Crippen molar-refractivity contribution in [1.82, 2.24) is 14.5 Å². The minimum absolute atomic E-state index is 0.0562. The zero-order valence-electron chi connectivity index (χ0n) is 15.4. The van der Waals surface area contributed by atoms with Gasteiger partial charge in [-0.25, -0.2) is 0 Å². The van der Waals surface area contributed by atoms with E-state index in [4.69, 9.17) is 4.74 Å². The molecule has 5 heteroatoms. The Morgan fingerprint density at radius 1 is 1.19 bits per heavy atom. The van der Waals surface area contributed by atoms with Gasteiger partial charge in [-0.05, 0) is 69.6 Å². The maximum Gasteiger partial charge on any atom is 0.251 e. The van der Waals surface area contributed by atoms with Crippen molar-refractivity contribution in [1.29, 1.82) is 0 Å². The second-order valence-electron chi connectivity index (χ2n) is 7.30. The second kappa shape index (κ2) is 7.08. The molecule has 0 spiro atoms. The highest BCUT2D eigenvalue weighted by Gasteiger charge is 2.17. The molecule has 1 aliphatic heterocycles. The van der Waals surface area contributed by atoms with Gasteiger partial charge in [0.05, 0.1) is 18.1 Å². The predicted molar refractivity (Wildman–Crippen MR) is 105 cm³/mol. The van der Waals surface area contributed by atoms with E-state index in [1.807, 2.05) is 35.0 Å². The van der Waals surface area contributed by atoms with E-state index in [2.05, 4.69) is 16.9 Å². The van der Waals surface area contributed by atoms with E-state index < -0.39 is 0 Å². The Labute approximate surface area is 153 Å². The molecule has 5 nitrogen and oxygen atoms in total. The number of hydrogen-bond donors (Lipinski definition) is 0. The summed E-state index contributed by atoms with van der Waals surface area (Å²) < 4.78 is 7.31. The van der Waals surface area contributed by atoms with Gasteiger partial charge in [0.15, 0.2) is 0 Å². The van der Waals surface area contributed by atoms with Crippen LogP contribution in [0.5, 0.6) is 5.75 Å². The zero-order valence-corrected chi connectivity index (χ0v) is 15.4. The number of aromatic nitrogens is 2. The normalized spacial score (nSPS) is 16.4. The number of likely N-dealkylation sites (tertiary alicyclic amines) is 1. The number of aryl methyl sites for hydroxylation is 1. The molecule has 3 aromatic rings. The third-order valence-corrected chi connectivity index (χ3v) is 5.62. The first-order valence-corrected chi connectivity index (χ1v) is 9.30. The van der Waals surface area contributed by atoms with Crippen molar-refractivity contribution in [3.63, 3.8) is 0 Å².